The van der Waals surface area contributed by atoms with E-state index in [2.05, 4.69) is 10.3 Å². The molecule has 3 aromatic rings. The Kier molecular flexibility index (Phi) is 5.46. The van der Waals surface area contributed by atoms with Crippen LogP contribution in [0.5, 0.6) is 5.75 Å². The number of methoxy groups -OCH3 is 1. The van der Waals surface area contributed by atoms with E-state index in [-0.39, 0.29) is 5.91 Å². The summed E-state index contributed by atoms with van der Waals surface area (Å²) in [7, 11) is 1.61. The smallest absolute Gasteiger partial charge is 0.224 e. The van der Waals surface area contributed by atoms with Gasteiger partial charge in [-0.05, 0) is 13.0 Å². The molecule has 5 heteroatoms. The lowest BCUT2D eigenvalue weighted by atomic mass is 10.1. The average molecular weight is 352 g/mol. The summed E-state index contributed by atoms with van der Waals surface area (Å²) in [6.45, 7) is 2.47. The van der Waals surface area contributed by atoms with Gasteiger partial charge in [-0.15, -0.1) is 11.3 Å². The molecule has 0 aliphatic rings. The molecule has 4 nitrogen and oxygen atoms in total. The van der Waals surface area contributed by atoms with Gasteiger partial charge in [0.15, 0.2) is 0 Å². The number of benzene rings is 2. The van der Waals surface area contributed by atoms with Crippen molar-refractivity contribution < 1.29 is 9.53 Å². The van der Waals surface area contributed by atoms with Gasteiger partial charge < -0.3 is 10.1 Å². The minimum Gasteiger partial charge on any atom is -0.496 e. The van der Waals surface area contributed by atoms with Crippen molar-refractivity contribution in [2.45, 2.75) is 19.9 Å². The Bertz CT molecular complexity index is 859. The number of amides is 1. The molecule has 1 aromatic heterocycles. The normalized spacial score (nSPS) is 10.5. The van der Waals surface area contributed by atoms with E-state index < -0.39 is 0 Å². The largest absolute Gasteiger partial charge is 0.496 e. The first kappa shape index (κ1) is 17.2. The lowest BCUT2D eigenvalue weighted by molar-refractivity contribution is -0.120. The molecule has 1 heterocycles. The predicted octanol–water partition coefficient (Wildman–Crippen LogP) is 3.99. The minimum atomic E-state index is -0.0291. The zero-order valence-electron chi connectivity index (χ0n) is 14.3. The summed E-state index contributed by atoms with van der Waals surface area (Å²) in [4.78, 5) is 18.0. The van der Waals surface area contributed by atoms with Gasteiger partial charge in [0.2, 0.25) is 5.91 Å². The first-order chi connectivity index (χ1) is 12.2. The maximum atomic E-state index is 12.3. The molecule has 0 bridgehead atoms. The summed E-state index contributed by atoms with van der Waals surface area (Å²) in [5.41, 5.74) is 2.94. The van der Waals surface area contributed by atoms with Crippen LogP contribution in [-0.4, -0.2) is 18.0 Å². The topological polar surface area (TPSA) is 51.2 Å². The number of aromatic nitrogens is 1. The molecule has 2 aromatic carbocycles. The number of hydrogen-bond acceptors (Lipinski definition) is 4. The second kappa shape index (κ2) is 7.94. The van der Waals surface area contributed by atoms with Gasteiger partial charge in [0.25, 0.3) is 0 Å². The number of hydrogen-bond donors (Lipinski definition) is 1. The second-order valence-electron chi connectivity index (χ2n) is 5.66. The number of para-hydroxylation sites is 1. The van der Waals surface area contributed by atoms with E-state index in [9.17, 15) is 4.79 Å². The third-order valence-corrected chi connectivity index (χ3v) is 5.11. The SMILES string of the molecule is COc1ccccc1CC(=O)NCc1sc(-c2ccccc2)nc1C. The predicted molar refractivity (Wildman–Crippen MR) is 101 cm³/mol. The molecule has 0 atom stereocenters. The molecular formula is C20H20N2O2S. The Morgan fingerprint density at radius 1 is 1.12 bits per heavy atom. The molecule has 0 aliphatic heterocycles. The fourth-order valence-electron chi connectivity index (χ4n) is 2.56. The third kappa shape index (κ3) is 4.25. The summed E-state index contributed by atoms with van der Waals surface area (Å²) in [6.07, 6.45) is 0.299. The molecule has 3 rings (SSSR count). The van der Waals surface area contributed by atoms with Crippen molar-refractivity contribution in [3.63, 3.8) is 0 Å². The van der Waals surface area contributed by atoms with Crippen LogP contribution in [0.25, 0.3) is 10.6 Å². The molecule has 0 saturated carbocycles. The number of aryl methyl sites for hydroxylation is 1. The Morgan fingerprint density at radius 3 is 2.60 bits per heavy atom. The number of carbonyl (C=O) groups excluding carboxylic acids is 1. The molecule has 0 radical (unpaired) electrons. The van der Waals surface area contributed by atoms with Gasteiger partial charge in [-0.2, -0.15) is 0 Å². The van der Waals surface area contributed by atoms with E-state index in [1.54, 1.807) is 18.4 Å². The number of carbonyl (C=O) groups is 1. The highest BCUT2D eigenvalue weighted by atomic mass is 32.1. The number of ether oxygens (including phenoxy) is 1. The van der Waals surface area contributed by atoms with E-state index in [0.717, 1.165) is 32.5 Å². The quantitative estimate of drug-likeness (QED) is 0.730. The van der Waals surface area contributed by atoms with E-state index in [4.69, 9.17) is 4.74 Å². The molecular weight excluding hydrogens is 332 g/mol. The number of nitrogens with zero attached hydrogens (tertiary/aromatic N) is 1. The van der Waals surface area contributed by atoms with Gasteiger partial charge in [0, 0.05) is 16.0 Å². The maximum Gasteiger partial charge on any atom is 0.224 e. The molecule has 0 spiro atoms. The van der Waals surface area contributed by atoms with Crippen LogP contribution in [0.15, 0.2) is 54.6 Å². The molecule has 25 heavy (non-hydrogen) atoms. The number of thiazole rings is 1. The van der Waals surface area contributed by atoms with E-state index in [1.165, 1.54) is 0 Å². The van der Waals surface area contributed by atoms with Crippen LogP contribution >= 0.6 is 11.3 Å². The fourth-order valence-corrected chi connectivity index (χ4v) is 3.57. The Morgan fingerprint density at radius 2 is 1.84 bits per heavy atom. The summed E-state index contributed by atoms with van der Waals surface area (Å²) in [5.74, 6) is 0.705. The first-order valence-corrected chi connectivity index (χ1v) is 8.89. The van der Waals surface area contributed by atoms with Crippen molar-refractivity contribution in [3.8, 4) is 16.3 Å². The zero-order chi connectivity index (χ0) is 17.6. The lowest BCUT2D eigenvalue weighted by Gasteiger charge is -2.08. The monoisotopic (exact) mass is 352 g/mol. The second-order valence-corrected chi connectivity index (χ2v) is 6.74. The highest BCUT2D eigenvalue weighted by molar-refractivity contribution is 7.15. The maximum absolute atomic E-state index is 12.3. The van der Waals surface area contributed by atoms with Crippen molar-refractivity contribution in [1.29, 1.82) is 0 Å². The first-order valence-electron chi connectivity index (χ1n) is 8.07. The van der Waals surface area contributed by atoms with Crippen LogP contribution in [-0.2, 0) is 17.8 Å². The summed E-state index contributed by atoms with van der Waals surface area (Å²) < 4.78 is 5.29. The van der Waals surface area contributed by atoms with Crippen LogP contribution in [0, 0.1) is 6.92 Å². The van der Waals surface area contributed by atoms with Crippen molar-refractivity contribution >= 4 is 17.2 Å². The van der Waals surface area contributed by atoms with E-state index in [0.29, 0.717) is 13.0 Å². The Labute approximate surface area is 151 Å². The average Bonchev–Trinajstić information content (AvgIpc) is 3.02. The summed E-state index contributed by atoms with van der Waals surface area (Å²) in [6, 6.07) is 17.7. The van der Waals surface area contributed by atoms with Crippen molar-refractivity contribution in [2.75, 3.05) is 7.11 Å². The molecule has 0 saturated heterocycles. The molecule has 0 fully saturated rings. The Balaban J connectivity index is 1.64. The van der Waals surface area contributed by atoms with Gasteiger partial charge in [-0.1, -0.05) is 48.5 Å². The van der Waals surface area contributed by atoms with Crippen LogP contribution in [0.3, 0.4) is 0 Å². The van der Waals surface area contributed by atoms with Crippen LogP contribution < -0.4 is 10.1 Å². The van der Waals surface area contributed by atoms with E-state index >= 15 is 0 Å². The zero-order valence-corrected chi connectivity index (χ0v) is 15.1. The van der Waals surface area contributed by atoms with Crippen LogP contribution in [0.2, 0.25) is 0 Å². The van der Waals surface area contributed by atoms with Gasteiger partial charge in [0.05, 0.1) is 25.8 Å². The third-order valence-electron chi connectivity index (χ3n) is 3.90. The molecule has 0 aliphatic carbocycles. The van der Waals surface area contributed by atoms with Gasteiger partial charge in [-0.3, -0.25) is 4.79 Å². The lowest BCUT2D eigenvalue weighted by Crippen LogP contribution is -2.24. The molecule has 0 unspecified atom stereocenters. The van der Waals surface area contributed by atoms with E-state index in [1.807, 2.05) is 61.5 Å². The van der Waals surface area contributed by atoms with Gasteiger partial charge in [-0.25, -0.2) is 4.98 Å². The van der Waals surface area contributed by atoms with Gasteiger partial charge >= 0.3 is 0 Å². The van der Waals surface area contributed by atoms with Crippen molar-refractivity contribution in [1.82, 2.24) is 10.3 Å². The summed E-state index contributed by atoms with van der Waals surface area (Å²) in [5, 5.41) is 3.96. The number of nitrogens with one attached hydrogen (secondary N) is 1. The fraction of sp³-hybridized carbons (Fsp3) is 0.200. The van der Waals surface area contributed by atoms with Crippen molar-refractivity contribution in [3.05, 3.63) is 70.7 Å². The van der Waals surface area contributed by atoms with Crippen LogP contribution in [0.1, 0.15) is 16.1 Å². The highest BCUT2D eigenvalue weighted by Crippen LogP contribution is 2.27. The number of rotatable bonds is 6. The standard InChI is InChI=1S/C20H20N2O2S/c1-14-18(25-20(22-14)15-8-4-3-5-9-15)13-21-19(23)12-16-10-6-7-11-17(16)24-2/h3-11H,12-13H2,1-2H3,(H,21,23). The minimum absolute atomic E-state index is 0.0291. The highest BCUT2D eigenvalue weighted by Gasteiger charge is 2.12. The van der Waals surface area contributed by atoms with Crippen molar-refractivity contribution in [2.24, 2.45) is 0 Å². The van der Waals surface area contributed by atoms with Gasteiger partial charge in [0.1, 0.15) is 10.8 Å². The molecule has 1 N–H and O–H groups in total. The Hall–Kier alpha value is -2.66. The molecule has 128 valence electrons. The molecule has 1 amide bonds. The summed E-state index contributed by atoms with van der Waals surface area (Å²) >= 11 is 1.62. The van der Waals surface area contributed by atoms with Crippen LogP contribution in [0.4, 0.5) is 0 Å².